The molecule has 1 fully saturated rings. The number of hydrogen-bond donors (Lipinski definition) is 2. The maximum absolute atomic E-state index is 11.5. The van der Waals surface area contributed by atoms with E-state index in [1.54, 1.807) is 12.1 Å². The first-order valence-electron chi connectivity index (χ1n) is 7.94. The molecule has 134 valence electrons. The molecule has 1 aromatic heterocycles. The van der Waals surface area contributed by atoms with Crippen LogP contribution in [0.1, 0.15) is 5.56 Å². The average molecular weight is 363 g/mol. The van der Waals surface area contributed by atoms with E-state index in [0.29, 0.717) is 10.7 Å². The quantitative estimate of drug-likeness (QED) is 0.791. The molecular formula is C16H21N5O3S. The summed E-state index contributed by atoms with van der Waals surface area (Å²) < 4.78 is 23.0. The Labute approximate surface area is 146 Å². The zero-order chi connectivity index (χ0) is 18.0. The number of hydrogen-bond acceptors (Lipinski definition) is 7. The molecule has 0 bridgehead atoms. The first kappa shape index (κ1) is 17.4. The highest BCUT2D eigenvalue weighted by Gasteiger charge is 2.19. The molecule has 3 N–H and O–H groups in total. The van der Waals surface area contributed by atoms with Gasteiger partial charge in [-0.15, -0.1) is 0 Å². The molecule has 1 aliphatic heterocycles. The number of aromatic amines is 1. The number of piperazine rings is 1. The van der Waals surface area contributed by atoms with Crippen LogP contribution in [-0.4, -0.2) is 55.7 Å². The van der Waals surface area contributed by atoms with Gasteiger partial charge in [-0.1, -0.05) is 12.1 Å². The zero-order valence-corrected chi connectivity index (χ0v) is 14.8. The molecule has 25 heavy (non-hydrogen) atoms. The smallest absolute Gasteiger partial charge is 0.254 e. The molecule has 9 heteroatoms. The molecule has 8 nitrogen and oxygen atoms in total. The summed E-state index contributed by atoms with van der Waals surface area (Å²) in [5.41, 5.74) is 6.41. The van der Waals surface area contributed by atoms with E-state index in [1.807, 2.05) is 17.0 Å². The first-order valence-corrected chi connectivity index (χ1v) is 9.83. The normalized spacial score (nSPS) is 16.1. The summed E-state index contributed by atoms with van der Waals surface area (Å²) in [6, 6.07) is 8.44. The summed E-state index contributed by atoms with van der Waals surface area (Å²) >= 11 is 0. The van der Waals surface area contributed by atoms with E-state index in [9.17, 15) is 13.2 Å². The number of nitrogen functional groups attached to an aromatic ring is 1. The highest BCUT2D eigenvalue weighted by atomic mass is 32.2. The predicted molar refractivity (Wildman–Crippen MR) is 96.3 cm³/mol. The van der Waals surface area contributed by atoms with Gasteiger partial charge in [0.05, 0.1) is 4.90 Å². The zero-order valence-electron chi connectivity index (χ0n) is 14.0. The molecule has 3 rings (SSSR count). The lowest BCUT2D eigenvalue weighted by Gasteiger charge is -2.35. The third kappa shape index (κ3) is 4.37. The number of nitrogens with one attached hydrogen (secondary N) is 1. The molecule has 0 amide bonds. The molecule has 0 radical (unpaired) electrons. The van der Waals surface area contributed by atoms with E-state index in [1.165, 1.54) is 12.3 Å². The average Bonchev–Trinajstić information content (AvgIpc) is 2.54. The van der Waals surface area contributed by atoms with Gasteiger partial charge in [-0.05, 0) is 17.7 Å². The van der Waals surface area contributed by atoms with Crippen LogP contribution in [0.2, 0.25) is 0 Å². The van der Waals surface area contributed by atoms with E-state index >= 15 is 0 Å². The molecular weight excluding hydrogens is 342 g/mol. The Morgan fingerprint density at radius 2 is 1.80 bits per heavy atom. The largest absolute Gasteiger partial charge is 0.369 e. The molecule has 0 unspecified atom stereocenters. The van der Waals surface area contributed by atoms with E-state index in [0.717, 1.165) is 38.3 Å². The molecule has 0 aliphatic carbocycles. The second-order valence-electron chi connectivity index (χ2n) is 6.17. The summed E-state index contributed by atoms with van der Waals surface area (Å²) in [5.74, 6) is 0.717. The molecule has 0 atom stereocenters. The van der Waals surface area contributed by atoms with Crippen LogP contribution in [0.4, 0.5) is 11.8 Å². The fourth-order valence-electron chi connectivity index (χ4n) is 2.86. The van der Waals surface area contributed by atoms with Gasteiger partial charge in [-0.2, -0.15) is 4.98 Å². The Morgan fingerprint density at radius 3 is 2.36 bits per heavy atom. The molecule has 0 saturated carbocycles. The Balaban J connectivity index is 1.60. The lowest BCUT2D eigenvalue weighted by molar-refractivity contribution is 0.249. The van der Waals surface area contributed by atoms with Crippen LogP contribution in [-0.2, 0) is 16.4 Å². The summed E-state index contributed by atoms with van der Waals surface area (Å²) in [6.07, 6.45) is 1.21. The van der Waals surface area contributed by atoms with E-state index in [4.69, 9.17) is 5.73 Å². The molecule has 1 saturated heterocycles. The molecule has 1 aromatic carbocycles. The minimum atomic E-state index is -3.16. The minimum absolute atomic E-state index is 0.121. The van der Waals surface area contributed by atoms with Gasteiger partial charge in [0.2, 0.25) is 5.95 Å². The van der Waals surface area contributed by atoms with Crippen molar-refractivity contribution in [3.63, 3.8) is 0 Å². The van der Waals surface area contributed by atoms with Gasteiger partial charge in [-0.25, -0.2) is 8.42 Å². The number of sulfone groups is 1. The highest BCUT2D eigenvalue weighted by Crippen LogP contribution is 2.16. The standard InChI is InChI=1S/C16H21N5O3S/c1-25(23,24)13-4-2-12(3-5-13)11-20-6-8-21(9-7-20)14-10-15(22)19-16(17)18-14/h2-5,10H,6-9,11H2,1H3,(H3,17,18,19,22). The fraction of sp³-hybridized carbons (Fsp3) is 0.375. The number of aromatic nitrogens is 2. The Morgan fingerprint density at radius 1 is 1.16 bits per heavy atom. The van der Waals surface area contributed by atoms with Crippen LogP contribution >= 0.6 is 0 Å². The van der Waals surface area contributed by atoms with Crippen molar-refractivity contribution in [3.8, 4) is 0 Å². The fourth-order valence-corrected chi connectivity index (χ4v) is 3.49. The van der Waals surface area contributed by atoms with Crippen molar-refractivity contribution in [2.45, 2.75) is 11.4 Å². The summed E-state index contributed by atoms with van der Waals surface area (Å²) in [6.45, 7) is 3.89. The predicted octanol–water partition coefficient (Wildman–Crippen LogP) is 0.0778. The van der Waals surface area contributed by atoms with E-state index < -0.39 is 9.84 Å². The maximum atomic E-state index is 11.5. The number of nitrogens with zero attached hydrogens (tertiary/aromatic N) is 3. The van der Waals surface area contributed by atoms with Crippen molar-refractivity contribution in [2.75, 3.05) is 43.1 Å². The van der Waals surface area contributed by atoms with Crippen LogP contribution in [0.3, 0.4) is 0 Å². The van der Waals surface area contributed by atoms with Crippen LogP contribution in [0.5, 0.6) is 0 Å². The van der Waals surface area contributed by atoms with Crippen LogP contribution in [0, 0.1) is 0 Å². The number of rotatable bonds is 4. The van der Waals surface area contributed by atoms with Gasteiger partial charge < -0.3 is 10.6 Å². The summed E-state index contributed by atoms with van der Waals surface area (Å²) in [5, 5.41) is 0. The van der Waals surface area contributed by atoms with Crippen LogP contribution < -0.4 is 16.2 Å². The SMILES string of the molecule is CS(=O)(=O)c1ccc(CN2CCN(c3cc(=O)[nH]c(N)n3)CC2)cc1. The molecule has 1 aliphatic rings. The second kappa shape index (κ2) is 6.85. The van der Waals surface area contributed by atoms with Crippen molar-refractivity contribution in [1.29, 1.82) is 0 Å². The maximum Gasteiger partial charge on any atom is 0.254 e. The van der Waals surface area contributed by atoms with Crippen molar-refractivity contribution >= 4 is 21.6 Å². The van der Waals surface area contributed by atoms with Gasteiger partial charge >= 0.3 is 0 Å². The van der Waals surface area contributed by atoms with Crippen molar-refractivity contribution in [3.05, 3.63) is 46.2 Å². The Hall–Kier alpha value is -2.39. The van der Waals surface area contributed by atoms with Crippen LogP contribution in [0.25, 0.3) is 0 Å². The third-order valence-corrected chi connectivity index (χ3v) is 5.33. The van der Waals surface area contributed by atoms with Gasteiger partial charge in [0, 0.05) is 45.0 Å². The summed E-state index contributed by atoms with van der Waals surface area (Å²) in [4.78, 5) is 22.8. The number of nitrogens with two attached hydrogens (primary N) is 1. The molecule has 2 heterocycles. The van der Waals surface area contributed by atoms with Crippen molar-refractivity contribution in [2.24, 2.45) is 0 Å². The number of benzene rings is 1. The summed E-state index contributed by atoms with van der Waals surface area (Å²) in [7, 11) is -3.16. The first-order chi connectivity index (χ1) is 11.8. The van der Waals surface area contributed by atoms with Crippen LogP contribution in [0.15, 0.2) is 40.0 Å². The topological polar surface area (TPSA) is 112 Å². The highest BCUT2D eigenvalue weighted by molar-refractivity contribution is 7.90. The van der Waals surface area contributed by atoms with Crippen molar-refractivity contribution in [1.82, 2.24) is 14.9 Å². The number of anilines is 2. The lowest BCUT2D eigenvalue weighted by atomic mass is 10.2. The van der Waals surface area contributed by atoms with Gasteiger partial charge in [0.25, 0.3) is 5.56 Å². The van der Waals surface area contributed by atoms with Gasteiger partial charge in [-0.3, -0.25) is 14.7 Å². The third-order valence-electron chi connectivity index (χ3n) is 4.20. The van der Waals surface area contributed by atoms with Gasteiger partial charge in [0.1, 0.15) is 5.82 Å². The Bertz CT molecular complexity index is 900. The minimum Gasteiger partial charge on any atom is -0.369 e. The Kier molecular flexibility index (Phi) is 4.78. The van der Waals surface area contributed by atoms with E-state index in [2.05, 4.69) is 14.9 Å². The number of H-pyrrole nitrogens is 1. The van der Waals surface area contributed by atoms with Crippen molar-refractivity contribution < 1.29 is 8.42 Å². The van der Waals surface area contributed by atoms with Gasteiger partial charge in [0.15, 0.2) is 9.84 Å². The molecule has 0 spiro atoms. The monoisotopic (exact) mass is 363 g/mol. The second-order valence-corrected chi connectivity index (χ2v) is 8.18. The lowest BCUT2D eigenvalue weighted by Crippen LogP contribution is -2.46. The van der Waals surface area contributed by atoms with E-state index in [-0.39, 0.29) is 11.5 Å². The molecule has 2 aromatic rings.